The largest absolute Gasteiger partial charge is 0.399 e. The van der Waals surface area contributed by atoms with E-state index in [1.165, 1.54) is 5.56 Å². The molecule has 2 aromatic carbocycles. The zero-order valence-corrected chi connectivity index (χ0v) is 11.1. The number of nitrogen functional groups attached to an aromatic ring is 1. The lowest BCUT2D eigenvalue weighted by atomic mass is 10.1. The molecule has 0 aromatic heterocycles. The number of nitrogens with two attached hydrogens (primary N) is 1. The Hall–Kier alpha value is -1.48. The summed E-state index contributed by atoms with van der Waals surface area (Å²) in [5.41, 5.74) is 8.88. The highest BCUT2D eigenvalue weighted by atomic mass is 79.9. The van der Waals surface area contributed by atoms with Gasteiger partial charge in [-0.1, -0.05) is 24.3 Å². The third-order valence-electron chi connectivity index (χ3n) is 2.58. The molecule has 0 saturated heterocycles. The Morgan fingerprint density at radius 3 is 2.41 bits per heavy atom. The van der Waals surface area contributed by atoms with E-state index in [4.69, 9.17) is 5.73 Å². The van der Waals surface area contributed by atoms with Crippen LogP contribution in [0.5, 0.6) is 0 Å². The summed E-state index contributed by atoms with van der Waals surface area (Å²) in [5.74, 6) is 0. The third kappa shape index (κ3) is 3.49. The average molecular weight is 291 g/mol. The number of para-hydroxylation sites is 1. The zero-order chi connectivity index (χ0) is 12.1. The third-order valence-corrected chi connectivity index (χ3v) is 3.27. The minimum absolute atomic E-state index is 0.813. The summed E-state index contributed by atoms with van der Waals surface area (Å²) in [7, 11) is 0. The van der Waals surface area contributed by atoms with E-state index in [1.54, 1.807) is 0 Å². The van der Waals surface area contributed by atoms with Gasteiger partial charge in [0.25, 0.3) is 0 Å². The van der Waals surface area contributed by atoms with Crippen LogP contribution in [-0.2, 0) is 6.42 Å². The monoisotopic (exact) mass is 290 g/mol. The molecule has 0 heterocycles. The van der Waals surface area contributed by atoms with Gasteiger partial charge in [0.2, 0.25) is 0 Å². The van der Waals surface area contributed by atoms with Crippen LogP contribution in [0, 0.1) is 0 Å². The average Bonchev–Trinajstić information content (AvgIpc) is 2.34. The molecular weight excluding hydrogens is 276 g/mol. The highest BCUT2D eigenvalue weighted by Gasteiger charge is 1.97. The predicted molar refractivity (Wildman–Crippen MR) is 77.2 cm³/mol. The molecule has 0 radical (unpaired) electrons. The zero-order valence-electron chi connectivity index (χ0n) is 9.49. The molecule has 0 bridgehead atoms. The van der Waals surface area contributed by atoms with Gasteiger partial charge in [-0.15, -0.1) is 0 Å². The second kappa shape index (κ2) is 5.73. The number of nitrogens with one attached hydrogen (secondary N) is 1. The molecule has 0 amide bonds. The van der Waals surface area contributed by atoms with Gasteiger partial charge in [-0.3, -0.25) is 0 Å². The summed E-state index contributed by atoms with van der Waals surface area (Å²) in [6.07, 6.45) is 0.988. The van der Waals surface area contributed by atoms with Gasteiger partial charge in [0.1, 0.15) is 0 Å². The van der Waals surface area contributed by atoms with Crippen molar-refractivity contribution in [3.63, 3.8) is 0 Å². The van der Waals surface area contributed by atoms with Crippen molar-refractivity contribution in [2.24, 2.45) is 0 Å². The summed E-state index contributed by atoms with van der Waals surface area (Å²) in [6, 6.07) is 16.1. The van der Waals surface area contributed by atoms with E-state index in [2.05, 4.69) is 39.4 Å². The van der Waals surface area contributed by atoms with Gasteiger partial charge < -0.3 is 11.1 Å². The van der Waals surface area contributed by atoms with Crippen molar-refractivity contribution < 1.29 is 0 Å². The van der Waals surface area contributed by atoms with Crippen LogP contribution in [0.15, 0.2) is 53.0 Å². The minimum atomic E-state index is 0.813. The quantitative estimate of drug-likeness (QED) is 0.843. The minimum Gasteiger partial charge on any atom is -0.399 e. The SMILES string of the molecule is Nc1ccc(CCNc2ccccc2Br)cc1. The standard InChI is InChI=1S/C14H15BrN2/c15-13-3-1-2-4-14(13)17-10-9-11-5-7-12(16)8-6-11/h1-8,17H,9-10,16H2. The molecule has 0 aliphatic carbocycles. The van der Waals surface area contributed by atoms with E-state index in [9.17, 15) is 0 Å². The Balaban J connectivity index is 1.88. The molecule has 0 atom stereocenters. The van der Waals surface area contributed by atoms with E-state index in [0.717, 1.165) is 28.8 Å². The molecule has 2 nitrogen and oxygen atoms in total. The van der Waals surface area contributed by atoms with Gasteiger partial charge in [-0.2, -0.15) is 0 Å². The molecule has 0 fully saturated rings. The van der Waals surface area contributed by atoms with Crippen molar-refractivity contribution in [1.82, 2.24) is 0 Å². The first-order valence-corrected chi connectivity index (χ1v) is 6.38. The molecule has 0 spiro atoms. The maximum Gasteiger partial charge on any atom is 0.0484 e. The number of anilines is 2. The second-order valence-electron chi connectivity index (χ2n) is 3.90. The first-order valence-electron chi connectivity index (χ1n) is 5.58. The lowest BCUT2D eigenvalue weighted by molar-refractivity contribution is 1.02. The van der Waals surface area contributed by atoms with Crippen molar-refractivity contribution in [3.8, 4) is 0 Å². The predicted octanol–water partition coefficient (Wildman–Crippen LogP) is 3.69. The van der Waals surface area contributed by atoms with Crippen molar-refractivity contribution >= 4 is 27.3 Å². The number of rotatable bonds is 4. The van der Waals surface area contributed by atoms with E-state index in [-0.39, 0.29) is 0 Å². The van der Waals surface area contributed by atoms with Crippen LogP contribution in [0.4, 0.5) is 11.4 Å². The van der Waals surface area contributed by atoms with Crippen LogP contribution >= 0.6 is 15.9 Å². The van der Waals surface area contributed by atoms with Crippen LogP contribution in [0.25, 0.3) is 0 Å². The smallest absolute Gasteiger partial charge is 0.0484 e. The summed E-state index contributed by atoms with van der Waals surface area (Å²) in [5, 5.41) is 3.40. The number of halogens is 1. The molecule has 0 aliphatic heterocycles. The summed E-state index contributed by atoms with van der Waals surface area (Å²) in [4.78, 5) is 0. The Bertz CT molecular complexity index is 480. The molecular formula is C14H15BrN2. The first kappa shape index (κ1) is 12.0. The van der Waals surface area contributed by atoms with Crippen molar-refractivity contribution in [2.45, 2.75) is 6.42 Å². The fourth-order valence-electron chi connectivity index (χ4n) is 1.63. The van der Waals surface area contributed by atoms with Gasteiger partial charge in [-0.05, 0) is 52.2 Å². The van der Waals surface area contributed by atoms with Crippen LogP contribution in [-0.4, -0.2) is 6.54 Å². The molecule has 3 heteroatoms. The van der Waals surface area contributed by atoms with Gasteiger partial charge in [-0.25, -0.2) is 0 Å². The second-order valence-corrected chi connectivity index (χ2v) is 4.75. The molecule has 0 unspecified atom stereocenters. The fourth-order valence-corrected chi connectivity index (χ4v) is 2.06. The number of hydrogen-bond donors (Lipinski definition) is 2. The van der Waals surface area contributed by atoms with Crippen LogP contribution < -0.4 is 11.1 Å². The number of hydrogen-bond acceptors (Lipinski definition) is 2. The maximum atomic E-state index is 5.64. The van der Waals surface area contributed by atoms with Crippen LogP contribution in [0.1, 0.15) is 5.56 Å². The molecule has 0 saturated carbocycles. The molecule has 2 rings (SSSR count). The maximum absolute atomic E-state index is 5.64. The van der Waals surface area contributed by atoms with E-state index in [1.807, 2.05) is 30.3 Å². The number of benzene rings is 2. The highest BCUT2D eigenvalue weighted by Crippen LogP contribution is 2.21. The van der Waals surface area contributed by atoms with Crippen molar-refractivity contribution in [2.75, 3.05) is 17.6 Å². The van der Waals surface area contributed by atoms with Gasteiger partial charge in [0.05, 0.1) is 0 Å². The molecule has 3 N–H and O–H groups in total. The Kier molecular flexibility index (Phi) is 4.04. The van der Waals surface area contributed by atoms with E-state index < -0.39 is 0 Å². The molecule has 2 aromatic rings. The van der Waals surface area contributed by atoms with E-state index in [0.29, 0.717) is 0 Å². The van der Waals surface area contributed by atoms with Gasteiger partial charge in [0.15, 0.2) is 0 Å². The van der Waals surface area contributed by atoms with Crippen LogP contribution in [0.2, 0.25) is 0 Å². The molecule has 88 valence electrons. The Morgan fingerprint density at radius 1 is 1.00 bits per heavy atom. The molecule has 0 aliphatic rings. The topological polar surface area (TPSA) is 38.0 Å². The first-order chi connectivity index (χ1) is 8.25. The van der Waals surface area contributed by atoms with Gasteiger partial charge in [0, 0.05) is 22.4 Å². The summed E-state index contributed by atoms with van der Waals surface area (Å²) < 4.78 is 1.09. The van der Waals surface area contributed by atoms with Crippen molar-refractivity contribution in [1.29, 1.82) is 0 Å². The normalized spacial score (nSPS) is 10.2. The Morgan fingerprint density at radius 2 is 1.71 bits per heavy atom. The van der Waals surface area contributed by atoms with Crippen molar-refractivity contribution in [3.05, 3.63) is 58.6 Å². The Labute approximate surface area is 110 Å². The van der Waals surface area contributed by atoms with Crippen LogP contribution in [0.3, 0.4) is 0 Å². The van der Waals surface area contributed by atoms with Gasteiger partial charge >= 0.3 is 0 Å². The van der Waals surface area contributed by atoms with E-state index >= 15 is 0 Å². The summed E-state index contributed by atoms with van der Waals surface area (Å²) >= 11 is 3.51. The lowest BCUT2D eigenvalue weighted by Gasteiger charge is -2.08. The summed E-state index contributed by atoms with van der Waals surface area (Å²) in [6.45, 7) is 0.909. The highest BCUT2D eigenvalue weighted by molar-refractivity contribution is 9.10. The lowest BCUT2D eigenvalue weighted by Crippen LogP contribution is -2.05. The fraction of sp³-hybridized carbons (Fsp3) is 0.143. The molecule has 17 heavy (non-hydrogen) atoms.